The van der Waals surface area contributed by atoms with Gasteiger partial charge in [0.05, 0.1) is 5.52 Å². The van der Waals surface area contributed by atoms with Gasteiger partial charge in [0.2, 0.25) is 0 Å². The molecule has 0 radical (unpaired) electrons. The van der Waals surface area contributed by atoms with E-state index in [1.165, 1.54) is 6.07 Å². The van der Waals surface area contributed by atoms with E-state index in [1.807, 2.05) is 0 Å². The average Bonchev–Trinajstić information content (AvgIpc) is 2.35. The minimum Gasteiger partial charge on any atom is -0.486 e. The number of carboxylic acid groups (broad SMARTS) is 1. The lowest BCUT2D eigenvalue weighted by molar-refractivity contribution is 0.0689. The van der Waals surface area contributed by atoms with Gasteiger partial charge >= 0.3 is 5.97 Å². The Hall–Kier alpha value is -2.37. The van der Waals surface area contributed by atoms with E-state index < -0.39 is 5.97 Å². The number of hydrogen-bond donors (Lipinski definition) is 1. The van der Waals surface area contributed by atoms with Crippen LogP contribution >= 0.6 is 0 Å². The van der Waals surface area contributed by atoms with Crippen molar-refractivity contribution in [3.05, 3.63) is 23.9 Å². The molecule has 1 aliphatic heterocycles. The van der Waals surface area contributed by atoms with Crippen molar-refractivity contribution in [3.8, 4) is 11.5 Å². The van der Waals surface area contributed by atoms with E-state index >= 15 is 0 Å². The topological polar surface area (TPSA) is 81.5 Å². The fourth-order valence-electron chi connectivity index (χ4n) is 1.68. The SMILES string of the molecule is O=C(O)c1cc2cc3c(cc2nn1)OCCO3. The summed E-state index contributed by atoms with van der Waals surface area (Å²) in [6.45, 7) is 0.988. The molecule has 1 aromatic carbocycles. The number of hydrogen-bond acceptors (Lipinski definition) is 5. The molecule has 1 aliphatic rings. The van der Waals surface area contributed by atoms with E-state index in [9.17, 15) is 4.79 Å². The number of benzene rings is 1. The van der Waals surface area contributed by atoms with Crippen LogP contribution in [-0.4, -0.2) is 34.5 Å². The summed E-state index contributed by atoms with van der Waals surface area (Å²) in [4.78, 5) is 10.8. The van der Waals surface area contributed by atoms with Gasteiger partial charge in [0.1, 0.15) is 13.2 Å². The van der Waals surface area contributed by atoms with Crippen molar-refractivity contribution in [1.82, 2.24) is 10.2 Å². The first kappa shape index (κ1) is 9.83. The molecule has 0 fully saturated rings. The number of aromatic nitrogens is 2. The van der Waals surface area contributed by atoms with Crippen LogP contribution in [-0.2, 0) is 0 Å². The maximum absolute atomic E-state index is 10.8. The molecule has 6 nitrogen and oxygen atoms in total. The van der Waals surface area contributed by atoms with Gasteiger partial charge in [0, 0.05) is 11.5 Å². The van der Waals surface area contributed by atoms with Gasteiger partial charge < -0.3 is 14.6 Å². The third kappa shape index (κ3) is 1.63. The molecule has 0 amide bonds. The number of nitrogens with zero attached hydrogens (tertiary/aromatic N) is 2. The Bertz CT molecular complexity index is 612. The Balaban J connectivity index is 2.20. The van der Waals surface area contributed by atoms with E-state index in [0.717, 1.165) is 0 Å². The van der Waals surface area contributed by atoms with Crippen LogP contribution in [0.4, 0.5) is 0 Å². The van der Waals surface area contributed by atoms with Crippen LogP contribution in [0.15, 0.2) is 18.2 Å². The predicted octanol–water partition coefficient (Wildman–Crippen LogP) is 1.10. The first-order valence-corrected chi connectivity index (χ1v) is 5.04. The molecule has 0 saturated carbocycles. The molecule has 6 heteroatoms. The zero-order chi connectivity index (χ0) is 11.8. The highest BCUT2D eigenvalue weighted by atomic mass is 16.6. The van der Waals surface area contributed by atoms with Crippen LogP contribution in [0.1, 0.15) is 10.5 Å². The molecule has 0 aliphatic carbocycles. The number of ether oxygens (including phenoxy) is 2. The molecule has 0 spiro atoms. The fraction of sp³-hybridized carbons (Fsp3) is 0.182. The largest absolute Gasteiger partial charge is 0.486 e. The molecule has 86 valence electrons. The zero-order valence-corrected chi connectivity index (χ0v) is 8.71. The Morgan fingerprint density at radius 3 is 2.53 bits per heavy atom. The minimum absolute atomic E-state index is 0.0887. The molecule has 3 rings (SSSR count). The molecule has 2 aromatic rings. The summed E-state index contributed by atoms with van der Waals surface area (Å²) in [7, 11) is 0. The van der Waals surface area contributed by atoms with E-state index in [2.05, 4.69) is 10.2 Å². The molecule has 0 saturated heterocycles. The molecule has 2 heterocycles. The summed E-state index contributed by atoms with van der Waals surface area (Å²) in [6, 6.07) is 4.87. The summed E-state index contributed by atoms with van der Waals surface area (Å²) >= 11 is 0. The van der Waals surface area contributed by atoms with Gasteiger partial charge in [0.25, 0.3) is 0 Å². The maximum Gasteiger partial charge on any atom is 0.356 e. The van der Waals surface area contributed by atoms with Crippen molar-refractivity contribution in [3.63, 3.8) is 0 Å². The first-order valence-electron chi connectivity index (χ1n) is 5.04. The smallest absolute Gasteiger partial charge is 0.356 e. The summed E-state index contributed by atoms with van der Waals surface area (Å²) in [5, 5.41) is 16.9. The monoisotopic (exact) mass is 232 g/mol. The quantitative estimate of drug-likeness (QED) is 0.792. The third-order valence-electron chi connectivity index (χ3n) is 2.47. The highest BCUT2D eigenvalue weighted by Crippen LogP contribution is 2.33. The van der Waals surface area contributed by atoms with E-state index in [1.54, 1.807) is 12.1 Å². The lowest BCUT2D eigenvalue weighted by atomic mass is 10.2. The second kappa shape index (κ2) is 3.58. The molecule has 17 heavy (non-hydrogen) atoms. The van der Waals surface area contributed by atoms with Gasteiger partial charge in [0.15, 0.2) is 17.2 Å². The highest BCUT2D eigenvalue weighted by molar-refractivity contribution is 5.91. The van der Waals surface area contributed by atoms with E-state index in [-0.39, 0.29) is 5.69 Å². The van der Waals surface area contributed by atoms with Gasteiger partial charge in [-0.05, 0) is 12.1 Å². The van der Waals surface area contributed by atoms with Crippen LogP contribution in [0.3, 0.4) is 0 Å². The minimum atomic E-state index is -1.10. The number of rotatable bonds is 1. The van der Waals surface area contributed by atoms with Gasteiger partial charge in [-0.3, -0.25) is 0 Å². The highest BCUT2D eigenvalue weighted by Gasteiger charge is 2.14. The molecular weight excluding hydrogens is 224 g/mol. The maximum atomic E-state index is 10.8. The van der Waals surface area contributed by atoms with Crippen molar-refractivity contribution in [1.29, 1.82) is 0 Å². The van der Waals surface area contributed by atoms with Crippen LogP contribution in [0.5, 0.6) is 11.5 Å². The molecular formula is C11H8N2O4. The van der Waals surface area contributed by atoms with Gasteiger partial charge in [-0.15, -0.1) is 10.2 Å². The third-order valence-corrected chi connectivity index (χ3v) is 2.47. The van der Waals surface area contributed by atoms with Crippen molar-refractivity contribution < 1.29 is 19.4 Å². The van der Waals surface area contributed by atoms with E-state index in [0.29, 0.717) is 35.6 Å². The summed E-state index contributed by atoms with van der Waals surface area (Å²) in [5.41, 5.74) is 0.494. The molecule has 0 atom stereocenters. The number of aromatic carboxylic acids is 1. The Morgan fingerprint density at radius 2 is 1.82 bits per heavy atom. The van der Waals surface area contributed by atoms with Crippen LogP contribution in [0, 0.1) is 0 Å². The molecule has 1 aromatic heterocycles. The Labute approximate surface area is 95.8 Å². The van der Waals surface area contributed by atoms with Crippen molar-refractivity contribution in [2.75, 3.05) is 13.2 Å². The van der Waals surface area contributed by atoms with Crippen LogP contribution < -0.4 is 9.47 Å². The summed E-state index contributed by atoms with van der Waals surface area (Å²) in [5.74, 6) is 0.114. The molecule has 0 bridgehead atoms. The zero-order valence-electron chi connectivity index (χ0n) is 8.71. The Morgan fingerprint density at radius 1 is 1.12 bits per heavy atom. The predicted molar refractivity (Wildman–Crippen MR) is 57.5 cm³/mol. The van der Waals surface area contributed by atoms with Gasteiger partial charge in [-0.25, -0.2) is 4.79 Å². The lowest BCUT2D eigenvalue weighted by Crippen LogP contribution is -2.15. The number of fused-ring (bicyclic) bond motifs is 2. The first-order chi connectivity index (χ1) is 8.24. The van der Waals surface area contributed by atoms with Gasteiger partial charge in [-0.2, -0.15) is 0 Å². The summed E-state index contributed by atoms with van der Waals surface area (Å²) < 4.78 is 10.8. The summed E-state index contributed by atoms with van der Waals surface area (Å²) in [6.07, 6.45) is 0. The fourth-order valence-corrected chi connectivity index (χ4v) is 1.68. The standard InChI is InChI=1S/C11H8N2O4/c14-11(15)8-3-6-4-9-10(17-2-1-16-9)5-7(6)12-13-8/h3-5H,1-2H2,(H,14,15). The second-order valence-corrected chi connectivity index (χ2v) is 3.59. The van der Waals surface area contributed by atoms with E-state index in [4.69, 9.17) is 14.6 Å². The molecule has 0 unspecified atom stereocenters. The Kier molecular flexibility index (Phi) is 2.07. The average molecular weight is 232 g/mol. The van der Waals surface area contributed by atoms with Crippen molar-refractivity contribution in [2.24, 2.45) is 0 Å². The number of carboxylic acids is 1. The van der Waals surface area contributed by atoms with Crippen LogP contribution in [0.25, 0.3) is 10.9 Å². The van der Waals surface area contributed by atoms with Crippen molar-refractivity contribution in [2.45, 2.75) is 0 Å². The molecule has 1 N–H and O–H groups in total. The lowest BCUT2D eigenvalue weighted by Gasteiger charge is -2.18. The van der Waals surface area contributed by atoms with Crippen molar-refractivity contribution >= 4 is 16.9 Å². The van der Waals surface area contributed by atoms with Crippen LogP contribution in [0.2, 0.25) is 0 Å². The second-order valence-electron chi connectivity index (χ2n) is 3.59. The normalized spacial score (nSPS) is 13.6. The number of carbonyl (C=O) groups is 1. The van der Waals surface area contributed by atoms with Gasteiger partial charge in [-0.1, -0.05) is 0 Å².